The van der Waals surface area contributed by atoms with Gasteiger partial charge >= 0.3 is 18.2 Å². The summed E-state index contributed by atoms with van der Waals surface area (Å²) in [6, 6.07) is 4.44. The summed E-state index contributed by atoms with van der Waals surface area (Å²) in [7, 11) is 0. The van der Waals surface area contributed by atoms with Gasteiger partial charge in [-0.25, -0.2) is 9.59 Å². The van der Waals surface area contributed by atoms with E-state index in [0.29, 0.717) is 5.92 Å². The Morgan fingerprint density at radius 2 is 1.97 bits per heavy atom. The van der Waals surface area contributed by atoms with E-state index in [1.165, 1.54) is 4.88 Å². The number of thiophene rings is 1. The van der Waals surface area contributed by atoms with E-state index < -0.39 is 12.1 Å². The highest BCUT2D eigenvalue weighted by Crippen LogP contribution is 2.42. The van der Waals surface area contributed by atoms with Gasteiger partial charge in [0.25, 0.3) is 0 Å². The van der Waals surface area contributed by atoms with E-state index in [2.05, 4.69) is 27.7 Å². The van der Waals surface area contributed by atoms with Crippen LogP contribution in [0, 0.1) is 5.92 Å². The van der Waals surface area contributed by atoms with Gasteiger partial charge in [0.15, 0.2) is 0 Å². The third kappa shape index (κ3) is 6.33. The van der Waals surface area contributed by atoms with Crippen molar-refractivity contribution in [3.8, 4) is 0 Å². The summed E-state index contributed by atoms with van der Waals surface area (Å²) in [6.45, 7) is 6.60. The first kappa shape index (κ1) is 23.8. The number of likely N-dealkylation sites (tertiary alicyclic amines) is 2. The van der Waals surface area contributed by atoms with E-state index in [1.54, 1.807) is 0 Å². The number of rotatable bonds is 5. The predicted molar refractivity (Wildman–Crippen MR) is 109 cm³/mol. The van der Waals surface area contributed by atoms with Crippen molar-refractivity contribution in [3.05, 3.63) is 22.4 Å². The summed E-state index contributed by atoms with van der Waals surface area (Å²) in [5, 5.41) is 12.4. The average Bonchev–Trinajstić information content (AvgIpc) is 3.43. The second-order valence-corrected chi connectivity index (χ2v) is 9.17. The molecule has 1 aromatic heterocycles. The summed E-state index contributed by atoms with van der Waals surface area (Å²) < 4.78 is 37.9. The molecule has 0 bridgehead atoms. The van der Waals surface area contributed by atoms with Crippen LogP contribution in [0.5, 0.6) is 0 Å². The largest absolute Gasteiger partial charge is 0.490 e. The molecule has 1 atom stereocenters. The van der Waals surface area contributed by atoms with Crippen LogP contribution < -0.4 is 5.32 Å². The van der Waals surface area contributed by atoms with Gasteiger partial charge in [-0.3, -0.25) is 4.90 Å². The number of halogens is 3. The van der Waals surface area contributed by atoms with E-state index in [1.807, 2.05) is 16.2 Å². The Labute approximate surface area is 183 Å². The van der Waals surface area contributed by atoms with Crippen molar-refractivity contribution in [2.24, 2.45) is 5.92 Å². The quantitative estimate of drug-likeness (QED) is 0.701. The Morgan fingerprint density at radius 3 is 2.55 bits per heavy atom. The average molecular weight is 464 g/mol. The molecule has 0 aromatic carbocycles. The van der Waals surface area contributed by atoms with Crippen LogP contribution in [0.25, 0.3) is 0 Å². The Bertz CT molecular complexity index is 733. The first-order chi connectivity index (χ1) is 14.7. The molecule has 3 aliphatic heterocycles. The Kier molecular flexibility index (Phi) is 7.82. The fourth-order valence-corrected chi connectivity index (χ4v) is 5.12. The number of nitrogens with zero attached hydrogens (tertiary/aromatic N) is 2. The second kappa shape index (κ2) is 10.2. The minimum atomic E-state index is -5.08. The SMILES string of the molecule is O=C(NCCC1CCOC12CN(Cc1cccs1)C2)N1CCCC1.O=C(O)C(F)(F)F. The monoisotopic (exact) mass is 463 g/mol. The van der Waals surface area contributed by atoms with Crippen molar-refractivity contribution in [2.75, 3.05) is 39.3 Å². The lowest BCUT2D eigenvalue weighted by Gasteiger charge is -2.50. The molecule has 1 unspecified atom stereocenters. The van der Waals surface area contributed by atoms with E-state index >= 15 is 0 Å². The molecule has 0 aliphatic carbocycles. The first-order valence-corrected chi connectivity index (χ1v) is 11.3. The number of urea groups is 1. The van der Waals surface area contributed by atoms with Crippen molar-refractivity contribution in [1.29, 1.82) is 0 Å². The number of amides is 2. The highest BCUT2D eigenvalue weighted by molar-refractivity contribution is 7.09. The van der Waals surface area contributed by atoms with Gasteiger partial charge in [-0.15, -0.1) is 11.3 Å². The molecule has 7 nitrogen and oxygen atoms in total. The molecule has 31 heavy (non-hydrogen) atoms. The highest BCUT2D eigenvalue weighted by Gasteiger charge is 2.52. The number of ether oxygens (including phenoxy) is 1. The fraction of sp³-hybridized carbons (Fsp3) is 0.700. The van der Waals surface area contributed by atoms with Gasteiger partial charge in [-0.1, -0.05) is 6.07 Å². The number of hydrogen-bond donors (Lipinski definition) is 2. The lowest BCUT2D eigenvalue weighted by molar-refractivity contribution is -0.192. The molecule has 0 saturated carbocycles. The molecule has 4 rings (SSSR count). The van der Waals surface area contributed by atoms with Crippen LogP contribution in [0.1, 0.15) is 30.6 Å². The molecular formula is C20H28F3N3O4S. The van der Waals surface area contributed by atoms with Crippen molar-refractivity contribution in [2.45, 2.75) is 44.0 Å². The summed E-state index contributed by atoms with van der Waals surface area (Å²) in [5.74, 6) is -2.18. The molecule has 11 heteroatoms. The summed E-state index contributed by atoms with van der Waals surface area (Å²) in [6.07, 6.45) is -0.626. The Hall–Kier alpha value is -1.85. The maximum atomic E-state index is 12.1. The van der Waals surface area contributed by atoms with Gasteiger partial charge in [-0.05, 0) is 43.0 Å². The van der Waals surface area contributed by atoms with Crippen LogP contribution in [-0.2, 0) is 16.1 Å². The highest BCUT2D eigenvalue weighted by atomic mass is 32.1. The first-order valence-electron chi connectivity index (χ1n) is 10.4. The molecule has 1 spiro atoms. The lowest BCUT2D eigenvalue weighted by Crippen LogP contribution is -2.64. The van der Waals surface area contributed by atoms with Gasteiger partial charge in [0, 0.05) is 50.8 Å². The minimum absolute atomic E-state index is 0.0512. The molecule has 1 aromatic rings. The summed E-state index contributed by atoms with van der Waals surface area (Å²) >= 11 is 1.83. The van der Waals surface area contributed by atoms with Crippen molar-refractivity contribution in [3.63, 3.8) is 0 Å². The van der Waals surface area contributed by atoms with Crippen molar-refractivity contribution in [1.82, 2.24) is 15.1 Å². The number of aliphatic carboxylic acids is 1. The van der Waals surface area contributed by atoms with Crippen LogP contribution in [0.2, 0.25) is 0 Å². The number of carboxylic acids is 1. The number of carbonyl (C=O) groups is 2. The van der Waals surface area contributed by atoms with Gasteiger partial charge < -0.3 is 20.1 Å². The topological polar surface area (TPSA) is 82.1 Å². The van der Waals surface area contributed by atoms with Crippen LogP contribution in [0.3, 0.4) is 0 Å². The zero-order valence-electron chi connectivity index (χ0n) is 17.2. The molecule has 2 amide bonds. The third-order valence-corrected chi connectivity index (χ3v) is 6.81. The van der Waals surface area contributed by atoms with Crippen LogP contribution >= 0.6 is 11.3 Å². The minimum Gasteiger partial charge on any atom is -0.475 e. The molecule has 3 fully saturated rings. The fourth-order valence-electron chi connectivity index (χ4n) is 4.37. The molecule has 3 saturated heterocycles. The predicted octanol–water partition coefficient (Wildman–Crippen LogP) is 3.17. The Morgan fingerprint density at radius 1 is 1.29 bits per heavy atom. The van der Waals surface area contributed by atoms with Crippen molar-refractivity contribution >= 4 is 23.3 Å². The zero-order valence-corrected chi connectivity index (χ0v) is 18.0. The van der Waals surface area contributed by atoms with Crippen LogP contribution in [-0.4, -0.2) is 78.0 Å². The van der Waals surface area contributed by atoms with E-state index in [-0.39, 0.29) is 11.6 Å². The van der Waals surface area contributed by atoms with Crippen molar-refractivity contribution < 1.29 is 32.6 Å². The van der Waals surface area contributed by atoms with Gasteiger partial charge in [0.05, 0.1) is 5.60 Å². The van der Waals surface area contributed by atoms with Crippen LogP contribution in [0.15, 0.2) is 17.5 Å². The molecule has 2 N–H and O–H groups in total. The normalized spacial score (nSPS) is 22.7. The summed E-state index contributed by atoms with van der Waals surface area (Å²) in [5.41, 5.74) is 0.0512. The van der Waals surface area contributed by atoms with E-state index in [0.717, 1.165) is 71.6 Å². The maximum Gasteiger partial charge on any atom is 0.490 e. The van der Waals surface area contributed by atoms with Crippen LogP contribution in [0.4, 0.5) is 18.0 Å². The number of nitrogens with one attached hydrogen (secondary N) is 1. The Balaban J connectivity index is 0.000000339. The maximum absolute atomic E-state index is 12.1. The number of carbonyl (C=O) groups excluding carboxylic acids is 1. The summed E-state index contributed by atoms with van der Waals surface area (Å²) in [4.78, 5) is 26.8. The van der Waals surface area contributed by atoms with Gasteiger partial charge in [-0.2, -0.15) is 13.2 Å². The molecule has 174 valence electrons. The number of carboxylic acid groups (broad SMARTS) is 1. The smallest absolute Gasteiger partial charge is 0.475 e. The van der Waals surface area contributed by atoms with E-state index in [4.69, 9.17) is 14.6 Å². The zero-order chi connectivity index (χ0) is 22.5. The molecule has 0 radical (unpaired) electrons. The number of hydrogen-bond acceptors (Lipinski definition) is 5. The van der Waals surface area contributed by atoms with Gasteiger partial charge in [0.2, 0.25) is 0 Å². The molecule has 3 aliphatic rings. The van der Waals surface area contributed by atoms with Gasteiger partial charge in [0.1, 0.15) is 0 Å². The molecular weight excluding hydrogens is 435 g/mol. The third-order valence-electron chi connectivity index (χ3n) is 5.95. The lowest BCUT2D eigenvalue weighted by atomic mass is 9.79. The second-order valence-electron chi connectivity index (χ2n) is 8.14. The molecule has 4 heterocycles. The standard InChI is InChI=1S/C18H27N3O2S.C2HF3O2/c22-17(21-8-1-2-9-21)19-7-5-15-6-10-23-18(15)13-20(14-18)12-16-4-3-11-24-16;3-2(4,5)1(6)7/h3-4,11,15H,1-2,5-10,12-14H2,(H,19,22);(H,6,7). The van der Waals surface area contributed by atoms with E-state index in [9.17, 15) is 18.0 Å². The number of alkyl halides is 3.